The predicted molar refractivity (Wildman–Crippen MR) is 102 cm³/mol. The lowest BCUT2D eigenvalue weighted by Crippen LogP contribution is -2.26. The largest absolute Gasteiger partial charge is 0.343 e. The van der Waals surface area contributed by atoms with Crippen LogP contribution in [-0.4, -0.2) is 20.4 Å². The first-order valence-corrected chi connectivity index (χ1v) is 9.59. The van der Waals surface area contributed by atoms with E-state index < -0.39 is 0 Å². The van der Waals surface area contributed by atoms with Gasteiger partial charge in [0.2, 0.25) is 0 Å². The van der Waals surface area contributed by atoms with Crippen molar-refractivity contribution in [3.63, 3.8) is 0 Å². The Bertz CT molecular complexity index is 1030. The minimum atomic E-state index is -0.185. The molecule has 3 aromatic rings. The summed E-state index contributed by atoms with van der Waals surface area (Å²) < 4.78 is 1.42. The molecular formula is C19H20N4O2S. The number of rotatable bonds is 3. The van der Waals surface area contributed by atoms with E-state index in [1.165, 1.54) is 34.3 Å². The molecule has 1 aliphatic rings. The second kappa shape index (κ2) is 6.64. The molecule has 4 rings (SSSR count). The maximum atomic E-state index is 12.6. The van der Waals surface area contributed by atoms with Crippen molar-refractivity contribution in [3.8, 4) is 0 Å². The molecule has 0 unspecified atom stereocenters. The Balaban J connectivity index is 1.56. The first-order chi connectivity index (χ1) is 12.5. The molecule has 26 heavy (non-hydrogen) atoms. The van der Waals surface area contributed by atoms with Gasteiger partial charge in [-0.25, -0.2) is 9.97 Å². The number of hydrogen-bond acceptors (Lipinski definition) is 5. The highest BCUT2D eigenvalue weighted by molar-refractivity contribution is 7.11. The molecule has 6 nitrogen and oxygen atoms in total. The molecule has 7 heteroatoms. The van der Waals surface area contributed by atoms with Crippen LogP contribution in [0.3, 0.4) is 0 Å². The van der Waals surface area contributed by atoms with E-state index in [1.54, 1.807) is 36.6 Å². The highest BCUT2D eigenvalue weighted by Gasteiger charge is 2.20. The molecule has 1 aliphatic carbocycles. The van der Waals surface area contributed by atoms with Gasteiger partial charge in [0, 0.05) is 17.5 Å². The number of amides is 1. The maximum Gasteiger partial charge on any atom is 0.260 e. The van der Waals surface area contributed by atoms with E-state index in [0.29, 0.717) is 16.5 Å². The van der Waals surface area contributed by atoms with E-state index in [-0.39, 0.29) is 17.5 Å². The smallest absolute Gasteiger partial charge is 0.260 e. The number of fused-ring (bicyclic) bond motifs is 2. The standard InChI is InChI=1S/C19H20N4O2S/c1-11(18-22-14-5-3-4-6-16(14)26-18)21-17(24)12-7-8-13-15(9-12)20-10-23(2)19(13)25/h7-11H,3-6H2,1-2H3,(H,21,24)/t11-/m0/s1. The van der Waals surface area contributed by atoms with Crippen LogP contribution in [0.15, 0.2) is 29.3 Å². The summed E-state index contributed by atoms with van der Waals surface area (Å²) in [5.41, 5.74) is 2.09. The van der Waals surface area contributed by atoms with Gasteiger partial charge in [0.15, 0.2) is 0 Å². The zero-order chi connectivity index (χ0) is 18.3. The molecule has 0 bridgehead atoms. The summed E-state index contributed by atoms with van der Waals surface area (Å²) in [7, 11) is 1.66. The summed E-state index contributed by atoms with van der Waals surface area (Å²) >= 11 is 1.70. The number of aryl methyl sites for hydroxylation is 3. The Morgan fingerprint density at radius 1 is 1.31 bits per heavy atom. The summed E-state index contributed by atoms with van der Waals surface area (Å²) in [6.07, 6.45) is 6.02. The molecular weight excluding hydrogens is 348 g/mol. The van der Waals surface area contributed by atoms with Crippen molar-refractivity contribution in [2.45, 2.75) is 38.6 Å². The molecule has 2 aromatic heterocycles. The van der Waals surface area contributed by atoms with Crippen LogP contribution in [-0.2, 0) is 19.9 Å². The van der Waals surface area contributed by atoms with Crippen LogP contribution in [0.25, 0.3) is 10.9 Å². The molecule has 2 heterocycles. The molecule has 134 valence electrons. The molecule has 1 amide bonds. The summed E-state index contributed by atoms with van der Waals surface area (Å²) in [5, 5.41) is 4.47. The Labute approximate surface area is 154 Å². The van der Waals surface area contributed by atoms with E-state index >= 15 is 0 Å². The van der Waals surface area contributed by atoms with Gasteiger partial charge in [-0.3, -0.25) is 9.59 Å². The van der Waals surface area contributed by atoms with E-state index in [1.807, 2.05) is 6.92 Å². The number of nitrogens with zero attached hydrogens (tertiary/aromatic N) is 3. The number of thiazole rings is 1. The normalized spacial score (nSPS) is 14.8. The summed E-state index contributed by atoms with van der Waals surface area (Å²) in [6.45, 7) is 1.96. The highest BCUT2D eigenvalue weighted by atomic mass is 32.1. The number of carbonyl (C=O) groups excluding carboxylic acids is 1. The van der Waals surface area contributed by atoms with Gasteiger partial charge in [0.25, 0.3) is 11.5 Å². The van der Waals surface area contributed by atoms with Crippen LogP contribution in [0.4, 0.5) is 0 Å². The van der Waals surface area contributed by atoms with Crippen LogP contribution in [0, 0.1) is 0 Å². The number of nitrogens with one attached hydrogen (secondary N) is 1. The Hall–Kier alpha value is -2.54. The average molecular weight is 368 g/mol. The highest BCUT2D eigenvalue weighted by Crippen LogP contribution is 2.29. The van der Waals surface area contributed by atoms with Crippen molar-refractivity contribution in [1.29, 1.82) is 0 Å². The fourth-order valence-corrected chi connectivity index (χ4v) is 4.41. The van der Waals surface area contributed by atoms with Gasteiger partial charge in [-0.2, -0.15) is 0 Å². The van der Waals surface area contributed by atoms with Crippen LogP contribution in [0.2, 0.25) is 0 Å². The molecule has 1 atom stereocenters. The number of aromatic nitrogens is 3. The summed E-state index contributed by atoms with van der Waals surface area (Å²) in [5.74, 6) is -0.185. The molecule has 0 radical (unpaired) electrons. The second-order valence-corrected chi connectivity index (χ2v) is 7.83. The van der Waals surface area contributed by atoms with Crippen molar-refractivity contribution in [3.05, 3.63) is 56.0 Å². The monoisotopic (exact) mass is 368 g/mol. The van der Waals surface area contributed by atoms with Crippen molar-refractivity contribution >= 4 is 28.1 Å². The lowest BCUT2D eigenvalue weighted by molar-refractivity contribution is 0.0940. The molecule has 0 saturated heterocycles. The molecule has 0 fully saturated rings. The van der Waals surface area contributed by atoms with E-state index in [2.05, 4.69) is 10.3 Å². The van der Waals surface area contributed by atoms with Gasteiger partial charge in [-0.05, 0) is 50.8 Å². The zero-order valence-electron chi connectivity index (χ0n) is 14.8. The Morgan fingerprint density at radius 3 is 2.92 bits per heavy atom. The number of carbonyl (C=O) groups is 1. The molecule has 0 aliphatic heterocycles. The molecule has 0 spiro atoms. The van der Waals surface area contributed by atoms with Gasteiger partial charge in [-0.15, -0.1) is 11.3 Å². The van der Waals surface area contributed by atoms with Crippen LogP contribution < -0.4 is 10.9 Å². The second-order valence-electron chi connectivity index (χ2n) is 6.72. The average Bonchev–Trinajstić information content (AvgIpc) is 3.09. The predicted octanol–water partition coefficient (Wildman–Crippen LogP) is 2.76. The van der Waals surface area contributed by atoms with Crippen molar-refractivity contribution < 1.29 is 4.79 Å². The molecule has 0 saturated carbocycles. The van der Waals surface area contributed by atoms with Gasteiger partial charge >= 0.3 is 0 Å². The maximum absolute atomic E-state index is 12.6. The quantitative estimate of drug-likeness (QED) is 0.771. The third-order valence-corrected chi connectivity index (χ3v) is 6.10. The SMILES string of the molecule is C[C@H](NC(=O)c1ccc2c(=O)n(C)cnc2c1)c1nc2c(s1)CCCC2. The fourth-order valence-electron chi connectivity index (χ4n) is 3.25. The Morgan fingerprint density at radius 2 is 2.12 bits per heavy atom. The lowest BCUT2D eigenvalue weighted by atomic mass is 10.0. The van der Waals surface area contributed by atoms with E-state index in [0.717, 1.165) is 17.8 Å². The van der Waals surface area contributed by atoms with Crippen molar-refractivity contribution in [2.75, 3.05) is 0 Å². The van der Waals surface area contributed by atoms with E-state index in [9.17, 15) is 9.59 Å². The van der Waals surface area contributed by atoms with Gasteiger partial charge < -0.3 is 9.88 Å². The van der Waals surface area contributed by atoms with Gasteiger partial charge in [0.05, 0.1) is 29.0 Å². The first kappa shape index (κ1) is 16.9. The number of hydrogen-bond donors (Lipinski definition) is 1. The van der Waals surface area contributed by atoms with Crippen LogP contribution >= 0.6 is 11.3 Å². The third-order valence-electron chi connectivity index (χ3n) is 4.76. The van der Waals surface area contributed by atoms with Crippen molar-refractivity contribution in [2.24, 2.45) is 7.05 Å². The summed E-state index contributed by atoms with van der Waals surface area (Å²) in [6, 6.07) is 4.84. The minimum absolute atomic E-state index is 0.122. The van der Waals surface area contributed by atoms with E-state index in [4.69, 9.17) is 4.98 Å². The van der Waals surface area contributed by atoms with Crippen molar-refractivity contribution in [1.82, 2.24) is 19.9 Å². The molecule has 1 N–H and O–H groups in total. The first-order valence-electron chi connectivity index (χ1n) is 8.77. The topological polar surface area (TPSA) is 76.9 Å². The minimum Gasteiger partial charge on any atom is -0.343 e. The Kier molecular flexibility index (Phi) is 4.32. The third kappa shape index (κ3) is 3.03. The lowest BCUT2D eigenvalue weighted by Gasteiger charge is -2.11. The fraction of sp³-hybridized carbons (Fsp3) is 0.368. The summed E-state index contributed by atoms with van der Waals surface area (Å²) in [4.78, 5) is 35.0. The number of benzene rings is 1. The van der Waals surface area contributed by atoms with Gasteiger partial charge in [0.1, 0.15) is 5.01 Å². The van der Waals surface area contributed by atoms with Crippen LogP contribution in [0.5, 0.6) is 0 Å². The van der Waals surface area contributed by atoms with Gasteiger partial charge in [-0.1, -0.05) is 0 Å². The molecule has 1 aromatic carbocycles. The zero-order valence-corrected chi connectivity index (χ0v) is 15.6. The van der Waals surface area contributed by atoms with Crippen LogP contribution in [0.1, 0.15) is 51.7 Å².